The Bertz CT molecular complexity index is 1520. The molecule has 0 aliphatic carbocycles. The van der Waals surface area contributed by atoms with Crippen LogP contribution in [-0.4, -0.2) is 49.2 Å². The fraction of sp³-hybridized carbons (Fsp3) is 0.222. The van der Waals surface area contributed by atoms with Crippen molar-refractivity contribution in [1.29, 1.82) is 5.26 Å². The molecule has 11 heteroatoms. The Labute approximate surface area is 229 Å². The molecule has 196 valence electrons. The number of carbonyl (C=O) groups is 2. The summed E-state index contributed by atoms with van der Waals surface area (Å²) < 4.78 is 30.2. The van der Waals surface area contributed by atoms with Crippen LogP contribution in [-0.2, 0) is 30.6 Å². The molecule has 1 aliphatic heterocycles. The molecule has 1 fully saturated rings. The highest BCUT2D eigenvalue weighted by Gasteiger charge is 2.45. The van der Waals surface area contributed by atoms with Crippen molar-refractivity contribution in [2.24, 2.45) is 0 Å². The first kappa shape index (κ1) is 27.6. The summed E-state index contributed by atoms with van der Waals surface area (Å²) in [6.07, 6.45) is -0.959. The van der Waals surface area contributed by atoms with E-state index < -0.39 is 46.5 Å². The third-order valence-electron chi connectivity index (χ3n) is 6.24. The fourth-order valence-corrected chi connectivity index (χ4v) is 5.35. The maximum absolute atomic E-state index is 13.7. The zero-order valence-corrected chi connectivity index (χ0v) is 22.4. The largest absolute Gasteiger partial charge is 0.480 e. The van der Waals surface area contributed by atoms with E-state index in [1.54, 1.807) is 48.5 Å². The molecule has 1 N–H and O–H groups in total. The molecule has 0 bridgehead atoms. The first-order valence-electron chi connectivity index (χ1n) is 11.4. The van der Waals surface area contributed by atoms with Crippen molar-refractivity contribution in [3.63, 3.8) is 0 Å². The minimum Gasteiger partial charge on any atom is -0.480 e. The van der Waals surface area contributed by atoms with Crippen LogP contribution in [0.5, 0.6) is 0 Å². The van der Waals surface area contributed by atoms with Crippen LogP contribution in [0.4, 0.5) is 0 Å². The van der Waals surface area contributed by atoms with Crippen molar-refractivity contribution >= 4 is 44.9 Å². The van der Waals surface area contributed by atoms with Crippen LogP contribution in [0.15, 0.2) is 71.6 Å². The summed E-state index contributed by atoms with van der Waals surface area (Å²) in [5, 5.41) is 20.3. The van der Waals surface area contributed by atoms with Crippen LogP contribution in [0, 0.1) is 11.3 Å². The number of aliphatic carboxylic acids is 1. The summed E-state index contributed by atoms with van der Waals surface area (Å²) in [5.41, 5.74) is 1.76. The molecule has 0 aromatic heterocycles. The van der Waals surface area contributed by atoms with Gasteiger partial charge < -0.3 is 14.7 Å². The Morgan fingerprint density at radius 1 is 1.03 bits per heavy atom. The van der Waals surface area contributed by atoms with Gasteiger partial charge in [0, 0.05) is 22.7 Å². The number of carbonyl (C=O) groups excluding carboxylic acids is 1. The minimum absolute atomic E-state index is 0.0250. The van der Waals surface area contributed by atoms with E-state index >= 15 is 0 Å². The molecule has 0 spiro atoms. The molecule has 38 heavy (non-hydrogen) atoms. The summed E-state index contributed by atoms with van der Waals surface area (Å²) >= 11 is 12.2. The van der Waals surface area contributed by atoms with Crippen molar-refractivity contribution in [1.82, 2.24) is 4.90 Å². The molecule has 3 aromatic carbocycles. The van der Waals surface area contributed by atoms with Crippen molar-refractivity contribution in [2.75, 3.05) is 12.8 Å². The van der Waals surface area contributed by atoms with Gasteiger partial charge in [-0.05, 0) is 53.1 Å². The second kappa shape index (κ2) is 11.1. The number of halogens is 2. The molecule has 8 nitrogen and oxygen atoms in total. The number of amides is 1. The predicted octanol–water partition coefficient (Wildman–Crippen LogP) is 4.61. The number of carboxylic acids is 1. The SMILES string of the molecule is CS(=O)(=O)c1ccc(C[C@@H]2OC(c3ccc(Cl)cc3)C(c3ccc(Cl)cc3)N(CC(=O)O)C2=O)c(C#N)c1. The number of carboxylic acid groups (broad SMARTS) is 1. The Kier molecular flexibility index (Phi) is 8.09. The monoisotopic (exact) mass is 572 g/mol. The van der Waals surface area contributed by atoms with Gasteiger partial charge in [-0.15, -0.1) is 0 Å². The number of hydrogen-bond donors (Lipinski definition) is 1. The lowest BCUT2D eigenvalue weighted by Gasteiger charge is -2.44. The average molecular weight is 573 g/mol. The van der Waals surface area contributed by atoms with Crippen LogP contribution >= 0.6 is 23.2 Å². The van der Waals surface area contributed by atoms with E-state index in [4.69, 9.17) is 27.9 Å². The topological polar surface area (TPSA) is 125 Å². The molecule has 0 radical (unpaired) electrons. The molecule has 3 atom stereocenters. The van der Waals surface area contributed by atoms with E-state index in [1.807, 2.05) is 6.07 Å². The highest BCUT2D eigenvalue weighted by molar-refractivity contribution is 7.90. The van der Waals surface area contributed by atoms with Crippen LogP contribution in [0.3, 0.4) is 0 Å². The van der Waals surface area contributed by atoms with Gasteiger partial charge >= 0.3 is 5.97 Å². The smallest absolute Gasteiger partial charge is 0.323 e. The Morgan fingerprint density at radius 3 is 2.13 bits per heavy atom. The summed E-state index contributed by atoms with van der Waals surface area (Å²) in [5.74, 6) is -1.78. The van der Waals surface area contributed by atoms with E-state index in [9.17, 15) is 28.4 Å². The fourth-order valence-electron chi connectivity index (χ4n) is 4.45. The number of sulfone groups is 1. The molecular formula is C27H22Cl2N2O6S. The predicted molar refractivity (Wildman–Crippen MR) is 141 cm³/mol. The van der Waals surface area contributed by atoms with Gasteiger partial charge in [-0.25, -0.2) is 8.42 Å². The first-order chi connectivity index (χ1) is 18.0. The van der Waals surface area contributed by atoms with Gasteiger partial charge in [0.25, 0.3) is 5.91 Å². The highest BCUT2D eigenvalue weighted by atomic mass is 35.5. The van der Waals surface area contributed by atoms with Crippen LogP contribution < -0.4 is 0 Å². The number of nitrogens with zero attached hydrogens (tertiary/aromatic N) is 2. The molecule has 1 heterocycles. The second-order valence-corrected chi connectivity index (χ2v) is 11.7. The maximum atomic E-state index is 13.7. The lowest BCUT2D eigenvalue weighted by molar-refractivity contribution is -0.177. The Morgan fingerprint density at radius 2 is 1.61 bits per heavy atom. The molecular weight excluding hydrogens is 551 g/mol. The van der Waals surface area contributed by atoms with Gasteiger partial charge in [0.2, 0.25) is 0 Å². The molecule has 2 unspecified atom stereocenters. The standard InChI is InChI=1S/C27H22Cl2N2O6S/c1-38(35,36)22-11-6-18(19(12-22)14-30)13-23-27(34)31(15-24(32)33)25(16-2-7-20(28)8-3-16)26(37-23)17-4-9-21(29)10-5-17/h2-12,23,25-26H,13,15H2,1H3,(H,32,33)/t23-,25?,26?/m0/s1. The van der Waals surface area contributed by atoms with E-state index in [-0.39, 0.29) is 16.9 Å². The molecule has 4 rings (SSSR count). The molecule has 1 saturated heterocycles. The Balaban J connectivity index is 1.79. The van der Waals surface area contributed by atoms with Crippen LogP contribution in [0.1, 0.15) is 34.4 Å². The summed E-state index contributed by atoms with van der Waals surface area (Å²) in [7, 11) is -3.55. The summed E-state index contributed by atoms with van der Waals surface area (Å²) in [6, 6.07) is 18.8. The van der Waals surface area contributed by atoms with Crippen molar-refractivity contribution in [3.8, 4) is 6.07 Å². The molecule has 1 amide bonds. The number of ether oxygens (including phenoxy) is 1. The van der Waals surface area contributed by atoms with E-state index in [1.165, 1.54) is 23.1 Å². The summed E-state index contributed by atoms with van der Waals surface area (Å²) in [6.45, 7) is -0.589. The summed E-state index contributed by atoms with van der Waals surface area (Å²) in [4.78, 5) is 26.8. The molecule has 1 aliphatic rings. The second-order valence-electron chi connectivity index (χ2n) is 8.86. The maximum Gasteiger partial charge on any atom is 0.323 e. The Hall–Kier alpha value is -3.42. The highest BCUT2D eigenvalue weighted by Crippen LogP contribution is 2.43. The average Bonchev–Trinajstić information content (AvgIpc) is 2.87. The zero-order chi connectivity index (χ0) is 27.6. The van der Waals surface area contributed by atoms with E-state index in [0.717, 1.165) is 6.26 Å². The van der Waals surface area contributed by atoms with Gasteiger partial charge in [0.15, 0.2) is 9.84 Å². The van der Waals surface area contributed by atoms with Crippen LogP contribution in [0.25, 0.3) is 0 Å². The van der Waals surface area contributed by atoms with Crippen LogP contribution in [0.2, 0.25) is 10.0 Å². The third kappa shape index (κ3) is 6.00. The molecule has 3 aromatic rings. The minimum atomic E-state index is -3.55. The van der Waals surface area contributed by atoms with Gasteiger partial charge in [-0.3, -0.25) is 9.59 Å². The number of nitriles is 1. The zero-order valence-electron chi connectivity index (χ0n) is 20.0. The van der Waals surface area contributed by atoms with Crippen molar-refractivity contribution in [3.05, 3.63) is 99.0 Å². The van der Waals surface area contributed by atoms with Crippen molar-refractivity contribution in [2.45, 2.75) is 29.6 Å². The quantitative estimate of drug-likeness (QED) is 0.438. The molecule has 0 saturated carbocycles. The normalized spacial score (nSPS) is 19.7. The number of morpholine rings is 1. The van der Waals surface area contributed by atoms with Gasteiger partial charge in [-0.1, -0.05) is 53.5 Å². The third-order valence-corrected chi connectivity index (χ3v) is 7.86. The number of hydrogen-bond acceptors (Lipinski definition) is 6. The number of rotatable bonds is 7. The lowest BCUT2D eigenvalue weighted by Crippen LogP contribution is -2.53. The van der Waals surface area contributed by atoms with Gasteiger partial charge in [0.1, 0.15) is 18.8 Å². The van der Waals surface area contributed by atoms with E-state index in [2.05, 4.69) is 0 Å². The first-order valence-corrected chi connectivity index (χ1v) is 14.0. The van der Waals surface area contributed by atoms with Gasteiger partial charge in [0.05, 0.1) is 22.6 Å². The van der Waals surface area contributed by atoms with E-state index in [0.29, 0.717) is 26.7 Å². The van der Waals surface area contributed by atoms with Crippen molar-refractivity contribution < 1.29 is 27.9 Å². The number of benzene rings is 3. The lowest BCUT2D eigenvalue weighted by atomic mass is 9.90. The van der Waals surface area contributed by atoms with Gasteiger partial charge in [-0.2, -0.15) is 5.26 Å².